The van der Waals surface area contributed by atoms with E-state index in [0.29, 0.717) is 13.1 Å². The lowest BCUT2D eigenvalue weighted by atomic mass is 10.1. The molecule has 1 saturated heterocycles. The third-order valence-corrected chi connectivity index (χ3v) is 3.53. The zero-order valence-corrected chi connectivity index (χ0v) is 12.5. The largest absolute Gasteiger partial charge is 0.418 e. The van der Waals surface area contributed by atoms with E-state index in [1.165, 1.54) is 18.2 Å². The van der Waals surface area contributed by atoms with Crippen molar-refractivity contribution in [2.45, 2.75) is 32.2 Å². The van der Waals surface area contributed by atoms with Gasteiger partial charge >= 0.3 is 6.18 Å². The molecule has 2 atom stereocenters. The molecule has 7 heteroatoms. The van der Waals surface area contributed by atoms with Crippen molar-refractivity contribution >= 4 is 11.6 Å². The van der Waals surface area contributed by atoms with Crippen molar-refractivity contribution in [2.75, 3.05) is 25.0 Å². The molecule has 0 aromatic heterocycles. The second-order valence-electron chi connectivity index (χ2n) is 5.68. The highest BCUT2D eigenvalue weighted by atomic mass is 19.4. The molecule has 0 spiro atoms. The molecule has 22 heavy (non-hydrogen) atoms. The first-order chi connectivity index (χ1) is 10.3. The van der Waals surface area contributed by atoms with E-state index in [1.54, 1.807) is 0 Å². The Kier molecular flexibility index (Phi) is 5.08. The van der Waals surface area contributed by atoms with E-state index in [-0.39, 0.29) is 24.4 Å². The predicted octanol–water partition coefficient (Wildman–Crippen LogP) is 1.34. The number of anilines is 1. The van der Waals surface area contributed by atoms with Crippen LogP contribution in [-0.2, 0) is 15.7 Å². The summed E-state index contributed by atoms with van der Waals surface area (Å²) >= 11 is 0. The van der Waals surface area contributed by atoms with E-state index in [4.69, 9.17) is 4.74 Å². The highest BCUT2D eigenvalue weighted by molar-refractivity contribution is 5.92. The molecule has 2 rings (SSSR count). The Bertz CT molecular complexity index is 524. The number of hydrogen-bond donors (Lipinski definition) is 2. The summed E-state index contributed by atoms with van der Waals surface area (Å²) in [5.41, 5.74) is -1.03. The predicted molar refractivity (Wildman–Crippen MR) is 75.6 cm³/mol. The summed E-state index contributed by atoms with van der Waals surface area (Å²) in [5.74, 6) is -0.423. The number of carbonyl (C=O) groups excluding carboxylic acids is 1. The minimum atomic E-state index is -4.49. The number of ether oxygens (including phenoxy) is 1. The highest BCUT2D eigenvalue weighted by Gasteiger charge is 2.34. The molecule has 1 heterocycles. The number of rotatable bonds is 3. The molecule has 4 nitrogen and oxygen atoms in total. The summed E-state index contributed by atoms with van der Waals surface area (Å²) in [7, 11) is 0. The molecule has 0 aliphatic carbocycles. The number of amides is 1. The number of carbonyl (C=O) groups is 1. The molecule has 0 radical (unpaired) electrons. The molecule has 0 unspecified atom stereocenters. The van der Waals surface area contributed by atoms with Gasteiger partial charge < -0.3 is 15.0 Å². The summed E-state index contributed by atoms with van der Waals surface area (Å²) in [6, 6.07) is 4.99. The lowest BCUT2D eigenvalue weighted by Crippen LogP contribution is -3.16. The second kappa shape index (κ2) is 6.66. The van der Waals surface area contributed by atoms with Gasteiger partial charge in [0.2, 0.25) is 0 Å². The van der Waals surface area contributed by atoms with Crippen molar-refractivity contribution in [3.8, 4) is 0 Å². The van der Waals surface area contributed by atoms with Crippen molar-refractivity contribution < 1.29 is 27.6 Å². The zero-order valence-electron chi connectivity index (χ0n) is 12.5. The van der Waals surface area contributed by atoms with E-state index in [9.17, 15) is 18.0 Å². The van der Waals surface area contributed by atoms with Gasteiger partial charge in [-0.2, -0.15) is 13.2 Å². The van der Waals surface area contributed by atoms with Crippen LogP contribution in [0.3, 0.4) is 0 Å². The standard InChI is InChI=1S/C15H19F3N2O2/c1-10-7-20(8-11(2)22-10)9-14(21)19-13-6-4-3-5-12(13)15(16,17)18/h3-6,10-11H,7-9H2,1-2H3,(H,19,21)/p+1/t10-,11-/m1/s1. The van der Waals surface area contributed by atoms with Gasteiger partial charge in [0.15, 0.2) is 6.54 Å². The van der Waals surface area contributed by atoms with Gasteiger partial charge in [-0.1, -0.05) is 12.1 Å². The molecule has 1 aliphatic rings. The minimum Gasteiger partial charge on any atom is -0.364 e. The lowest BCUT2D eigenvalue weighted by molar-refractivity contribution is -0.907. The van der Waals surface area contributed by atoms with Gasteiger partial charge in [0.1, 0.15) is 25.3 Å². The number of quaternary nitrogens is 1. The Labute approximate surface area is 127 Å². The molecule has 0 saturated carbocycles. The Hall–Kier alpha value is -1.60. The summed E-state index contributed by atoms with van der Waals surface area (Å²) in [6.45, 7) is 5.31. The Morgan fingerprint density at radius 1 is 1.27 bits per heavy atom. The Morgan fingerprint density at radius 2 is 1.86 bits per heavy atom. The molecule has 1 amide bonds. The van der Waals surface area contributed by atoms with E-state index in [2.05, 4.69) is 5.32 Å². The van der Waals surface area contributed by atoms with E-state index in [0.717, 1.165) is 11.0 Å². The number of para-hydroxylation sites is 1. The lowest BCUT2D eigenvalue weighted by Gasteiger charge is -2.32. The summed E-state index contributed by atoms with van der Waals surface area (Å²) in [4.78, 5) is 13.0. The van der Waals surface area contributed by atoms with Crippen molar-refractivity contribution in [1.82, 2.24) is 0 Å². The van der Waals surface area contributed by atoms with Crippen LogP contribution in [-0.4, -0.2) is 37.7 Å². The number of nitrogens with one attached hydrogen (secondary N) is 2. The Morgan fingerprint density at radius 3 is 2.45 bits per heavy atom. The van der Waals surface area contributed by atoms with Crippen molar-refractivity contribution in [2.24, 2.45) is 0 Å². The summed E-state index contributed by atoms with van der Waals surface area (Å²) < 4.78 is 44.2. The van der Waals surface area contributed by atoms with Crippen LogP contribution in [0.2, 0.25) is 0 Å². The number of alkyl halides is 3. The molecular formula is C15H20F3N2O2+. The van der Waals surface area contributed by atoms with E-state index in [1.807, 2.05) is 13.8 Å². The van der Waals surface area contributed by atoms with Crippen LogP contribution in [0.5, 0.6) is 0 Å². The topological polar surface area (TPSA) is 42.8 Å². The third kappa shape index (κ3) is 4.45. The Balaban J connectivity index is 2.01. The first-order valence-corrected chi connectivity index (χ1v) is 7.21. The maximum absolute atomic E-state index is 12.9. The van der Waals surface area contributed by atoms with Crippen LogP contribution in [0.15, 0.2) is 24.3 Å². The SMILES string of the molecule is C[C@@H]1C[NH+](CC(=O)Nc2ccccc2C(F)(F)F)C[C@@H](C)O1. The van der Waals surface area contributed by atoms with E-state index < -0.39 is 17.6 Å². The average molecular weight is 317 g/mol. The van der Waals surface area contributed by atoms with Crippen molar-refractivity contribution in [1.29, 1.82) is 0 Å². The fourth-order valence-corrected chi connectivity index (χ4v) is 2.79. The summed E-state index contributed by atoms with van der Waals surface area (Å²) in [5, 5.41) is 2.37. The molecule has 1 aromatic carbocycles. The molecule has 122 valence electrons. The van der Waals surface area contributed by atoms with Crippen LogP contribution in [0.4, 0.5) is 18.9 Å². The highest BCUT2D eigenvalue weighted by Crippen LogP contribution is 2.34. The van der Waals surface area contributed by atoms with Gasteiger partial charge in [0.25, 0.3) is 5.91 Å². The fourth-order valence-electron chi connectivity index (χ4n) is 2.79. The van der Waals surface area contributed by atoms with Crippen LogP contribution in [0.25, 0.3) is 0 Å². The minimum absolute atomic E-state index is 0.0361. The molecular weight excluding hydrogens is 297 g/mol. The summed E-state index contributed by atoms with van der Waals surface area (Å²) in [6.07, 6.45) is -4.42. The zero-order chi connectivity index (χ0) is 16.3. The maximum Gasteiger partial charge on any atom is 0.418 e. The number of benzene rings is 1. The van der Waals surface area contributed by atoms with Crippen LogP contribution in [0.1, 0.15) is 19.4 Å². The van der Waals surface area contributed by atoms with Crippen molar-refractivity contribution in [3.63, 3.8) is 0 Å². The van der Waals surface area contributed by atoms with Gasteiger partial charge in [-0.05, 0) is 26.0 Å². The second-order valence-corrected chi connectivity index (χ2v) is 5.68. The molecule has 2 N–H and O–H groups in total. The van der Waals surface area contributed by atoms with Gasteiger partial charge in [0, 0.05) is 0 Å². The molecule has 0 bridgehead atoms. The number of hydrogen-bond acceptors (Lipinski definition) is 2. The van der Waals surface area contributed by atoms with Crippen LogP contribution < -0.4 is 10.2 Å². The number of morpholine rings is 1. The quantitative estimate of drug-likeness (QED) is 0.883. The van der Waals surface area contributed by atoms with Gasteiger partial charge in [-0.25, -0.2) is 0 Å². The van der Waals surface area contributed by atoms with Crippen LogP contribution >= 0.6 is 0 Å². The normalized spacial score (nSPS) is 25.8. The monoisotopic (exact) mass is 317 g/mol. The van der Waals surface area contributed by atoms with Crippen LogP contribution in [0, 0.1) is 0 Å². The average Bonchev–Trinajstić information content (AvgIpc) is 2.36. The third-order valence-electron chi connectivity index (χ3n) is 3.53. The maximum atomic E-state index is 12.9. The van der Waals surface area contributed by atoms with E-state index >= 15 is 0 Å². The first kappa shape index (κ1) is 16.8. The van der Waals surface area contributed by atoms with Gasteiger partial charge in [0.05, 0.1) is 11.3 Å². The smallest absolute Gasteiger partial charge is 0.364 e. The molecule has 1 aromatic rings. The molecule has 1 fully saturated rings. The first-order valence-electron chi connectivity index (χ1n) is 7.21. The fraction of sp³-hybridized carbons (Fsp3) is 0.533. The molecule has 1 aliphatic heterocycles. The van der Waals surface area contributed by atoms with Gasteiger partial charge in [-0.15, -0.1) is 0 Å². The number of halogens is 3. The van der Waals surface area contributed by atoms with Gasteiger partial charge in [-0.3, -0.25) is 4.79 Å². The van der Waals surface area contributed by atoms with Crippen molar-refractivity contribution in [3.05, 3.63) is 29.8 Å².